The molecule has 0 radical (unpaired) electrons. The molecule has 0 spiro atoms. The first-order chi connectivity index (χ1) is 7.22. The van der Waals surface area contributed by atoms with Crippen LogP contribution in [-0.2, 0) is 0 Å². The van der Waals surface area contributed by atoms with Crippen LogP contribution in [-0.4, -0.2) is 23.1 Å². The second-order valence-electron chi connectivity index (χ2n) is 3.91. The number of halogens is 1. The van der Waals surface area contributed by atoms with Crippen molar-refractivity contribution in [3.8, 4) is 0 Å². The van der Waals surface area contributed by atoms with Crippen LogP contribution in [0.25, 0.3) is 0 Å². The molecular formula is C10H15BrN4. The predicted octanol–water partition coefficient (Wildman–Crippen LogP) is 2.06. The van der Waals surface area contributed by atoms with Gasteiger partial charge in [0.15, 0.2) is 0 Å². The average Bonchev–Trinajstić information content (AvgIpc) is 2.70. The molecule has 0 saturated carbocycles. The van der Waals surface area contributed by atoms with Crippen LogP contribution in [0, 0.1) is 5.92 Å². The van der Waals surface area contributed by atoms with Gasteiger partial charge in [-0.1, -0.05) is 13.3 Å². The highest BCUT2D eigenvalue weighted by atomic mass is 79.9. The normalized spacial score (nSPS) is 20.9. The van der Waals surface area contributed by atoms with Gasteiger partial charge >= 0.3 is 0 Å². The fourth-order valence-electron chi connectivity index (χ4n) is 1.95. The van der Waals surface area contributed by atoms with Crippen molar-refractivity contribution in [3.63, 3.8) is 0 Å². The van der Waals surface area contributed by atoms with Gasteiger partial charge < -0.3 is 10.6 Å². The van der Waals surface area contributed by atoms with E-state index in [0.29, 0.717) is 5.82 Å². The van der Waals surface area contributed by atoms with Crippen molar-refractivity contribution in [2.45, 2.75) is 19.8 Å². The van der Waals surface area contributed by atoms with Crippen LogP contribution in [0.3, 0.4) is 0 Å². The number of nitrogens with zero attached hydrogens (tertiary/aromatic N) is 3. The molecule has 5 heteroatoms. The van der Waals surface area contributed by atoms with E-state index >= 15 is 0 Å². The monoisotopic (exact) mass is 270 g/mol. The van der Waals surface area contributed by atoms with Gasteiger partial charge in [0.2, 0.25) is 0 Å². The molecule has 1 saturated heterocycles. The molecule has 0 bridgehead atoms. The fraction of sp³-hybridized carbons (Fsp3) is 0.600. The third-order valence-corrected chi connectivity index (χ3v) is 3.72. The van der Waals surface area contributed by atoms with Gasteiger partial charge in [0.1, 0.15) is 22.4 Å². The number of aromatic nitrogens is 2. The van der Waals surface area contributed by atoms with Gasteiger partial charge in [0.25, 0.3) is 0 Å². The third kappa shape index (κ3) is 2.07. The quantitative estimate of drug-likeness (QED) is 0.894. The van der Waals surface area contributed by atoms with Crippen molar-refractivity contribution < 1.29 is 0 Å². The number of hydrogen-bond acceptors (Lipinski definition) is 4. The van der Waals surface area contributed by atoms with Gasteiger partial charge in [-0.3, -0.25) is 0 Å². The van der Waals surface area contributed by atoms with Crippen LogP contribution >= 0.6 is 15.9 Å². The molecular weight excluding hydrogens is 256 g/mol. The van der Waals surface area contributed by atoms with E-state index in [2.05, 4.69) is 37.7 Å². The molecule has 2 rings (SSSR count). The Hall–Kier alpha value is -0.840. The predicted molar refractivity (Wildman–Crippen MR) is 64.8 cm³/mol. The first-order valence-corrected chi connectivity index (χ1v) is 6.02. The number of rotatable bonds is 2. The summed E-state index contributed by atoms with van der Waals surface area (Å²) in [6.07, 6.45) is 4.00. The standard InChI is InChI=1S/C10H15BrN4/c1-2-7-3-4-15(5-7)10-8(11)9(12)13-6-14-10/h6-7H,2-5H2,1H3,(H2,12,13,14). The lowest BCUT2D eigenvalue weighted by Gasteiger charge is -2.18. The lowest BCUT2D eigenvalue weighted by Crippen LogP contribution is -2.21. The molecule has 2 N–H and O–H groups in total. The zero-order chi connectivity index (χ0) is 10.8. The first-order valence-electron chi connectivity index (χ1n) is 5.23. The van der Waals surface area contributed by atoms with E-state index in [1.807, 2.05) is 0 Å². The summed E-state index contributed by atoms with van der Waals surface area (Å²) in [5.74, 6) is 2.23. The Morgan fingerprint density at radius 3 is 3.07 bits per heavy atom. The molecule has 1 aromatic rings. The van der Waals surface area contributed by atoms with Crippen molar-refractivity contribution in [2.24, 2.45) is 5.92 Å². The second-order valence-corrected chi connectivity index (χ2v) is 4.70. The first kappa shape index (κ1) is 10.7. The molecule has 82 valence electrons. The van der Waals surface area contributed by atoms with E-state index in [-0.39, 0.29) is 0 Å². The molecule has 1 aliphatic heterocycles. The molecule has 0 aromatic carbocycles. The van der Waals surface area contributed by atoms with Crippen molar-refractivity contribution in [3.05, 3.63) is 10.8 Å². The van der Waals surface area contributed by atoms with E-state index < -0.39 is 0 Å². The summed E-state index contributed by atoms with van der Waals surface area (Å²) in [6, 6.07) is 0. The summed E-state index contributed by atoms with van der Waals surface area (Å²) < 4.78 is 0.821. The van der Waals surface area contributed by atoms with Gasteiger partial charge in [0, 0.05) is 13.1 Å². The maximum atomic E-state index is 5.73. The maximum absolute atomic E-state index is 5.73. The molecule has 2 heterocycles. The molecule has 0 amide bonds. The molecule has 1 aliphatic rings. The molecule has 1 aromatic heterocycles. The van der Waals surface area contributed by atoms with E-state index in [1.54, 1.807) is 0 Å². The van der Waals surface area contributed by atoms with Crippen molar-refractivity contribution in [2.75, 3.05) is 23.7 Å². The highest BCUT2D eigenvalue weighted by molar-refractivity contribution is 9.10. The molecule has 1 fully saturated rings. The largest absolute Gasteiger partial charge is 0.383 e. The minimum atomic E-state index is 0.514. The lowest BCUT2D eigenvalue weighted by molar-refractivity contribution is 0.568. The fourth-order valence-corrected chi connectivity index (χ4v) is 2.41. The van der Waals surface area contributed by atoms with Crippen molar-refractivity contribution >= 4 is 27.6 Å². The SMILES string of the molecule is CCC1CCN(c2ncnc(N)c2Br)C1. The molecule has 1 unspecified atom stereocenters. The van der Waals surface area contributed by atoms with E-state index in [0.717, 1.165) is 29.3 Å². The van der Waals surface area contributed by atoms with E-state index in [1.165, 1.54) is 19.2 Å². The van der Waals surface area contributed by atoms with Gasteiger partial charge in [-0.25, -0.2) is 9.97 Å². The highest BCUT2D eigenvalue weighted by Crippen LogP contribution is 2.31. The van der Waals surface area contributed by atoms with E-state index in [4.69, 9.17) is 5.73 Å². The Bertz CT molecular complexity index is 355. The van der Waals surface area contributed by atoms with Crippen molar-refractivity contribution in [1.82, 2.24) is 9.97 Å². The van der Waals surface area contributed by atoms with Crippen LogP contribution in [0.15, 0.2) is 10.8 Å². The zero-order valence-electron chi connectivity index (χ0n) is 8.78. The summed E-state index contributed by atoms with van der Waals surface area (Å²) in [7, 11) is 0. The Morgan fingerprint density at radius 2 is 2.40 bits per heavy atom. The third-order valence-electron chi connectivity index (χ3n) is 2.96. The van der Waals surface area contributed by atoms with Crippen LogP contribution < -0.4 is 10.6 Å². The van der Waals surface area contributed by atoms with Crippen LogP contribution in [0.2, 0.25) is 0 Å². The van der Waals surface area contributed by atoms with Gasteiger partial charge in [-0.05, 0) is 28.3 Å². The number of anilines is 2. The summed E-state index contributed by atoms with van der Waals surface area (Å²) in [4.78, 5) is 10.5. The van der Waals surface area contributed by atoms with Crippen LogP contribution in [0.4, 0.5) is 11.6 Å². The minimum absolute atomic E-state index is 0.514. The second kappa shape index (κ2) is 4.35. The highest BCUT2D eigenvalue weighted by Gasteiger charge is 2.24. The summed E-state index contributed by atoms with van der Waals surface area (Å²) in [6.45, 7) is 4.37. The number of nitrogen functional groups attached to an aromatic ring is 1. The Labute approximate surface area is 98.0 Å². The lowest BCUT2D eigenvalue weighted by atomic mass is 10.1. The Balaban J connectivity index is 2.20. The number of nitrogens with two attached hydrogens (primary N) is 1. The topological polar surface area (TPSA) is 55.0 Å². The molecule has 15 heavy (non-hydrogen) atoms. The van der Waals surface area contributed by atoms with E-state index in [9.17, 15) is 0 Å². The Morgan fingerprint density at radius 1 is 1.60 bits per heavy atom. The minimum Gasteiger partial charge on any atom is -0.383 e. The van der Waals surface area contributed by atoms with Gasteiger partial charge in [-0.2, -0.15) is 0 Å². The van der Waals surface area contributed by atoms with Crippen LogP contribution in [0.5, 0.6) is 0 Å². The molecule has 4 nitrogen and oxygen atoms in total. The van der Waals surface area contributed by atoms with Gasteiger partial charge in [-0.15, -0.1) is 0 Å². The summed E-state index contributed by atoms with van der Waals surface area (Å²) >= 11 is 3.44. The average molecular weight is 271 g/mol. The summed E-state index contributed by atoms with van der Waals surface area (Å²) in [5, 5.41) is 0. The van der Waals surface area contributed by atoms with Gasteiger partial charge in [0.05, 0.1) is 0 Å². The Kier molecular flexibility index (Phi) is 3.09. The maximum Gasteiger partial charge on any atom is 0.148 e. The molecule has 0 aliphatic carbocycles. The smallest absolute Gasteiger partial charge is 0.148 e. The number of hydrogen-bond donors (Lipinski definition) is 1. The molecule has 1 atom stereocenters. The zero-order valence-corrected chi connectivity index (χ0v) is 10.4. The van der Waals surface area contributed by atoms with Crippen molar-refractivity contribution in [1.29, 1.82) is 0 Å². The van der Waals surface area contributed by atoms with Crippen LogP contribution in [0.1, 0.15) is 19.8 Å². The summed E-state index contributed by atoms with van der Waals surface area (Å²) in [5.41, 5.74) is 5.73.